The number of aliphatic hydroxyl groups excluding tert-OH is 6. The summed E-state index contributed by atoms with van der Waals surface area (Å²) in [4.78, 5) is 13.8. The topological polar surface area (TPSA) is 258 Å². The summed E-state index contributed by atoms with van der Waals surface area (Å²) in [6.45, 7) is 0.570. The van der Waals surface area contributed by atoms with Gasteiger partial charge in [-0.05, 0) is 25.1 Å². The highest BCUT2D eigenvalue weighted by atomic mass is 16.8. The summed E-state index contributed by atoms with van der Waals surface area (Å²) in [5, 5.41) is 92.3. The van der Waals surface area contributed by atoms with Gasteiger partial charge in [-0.2, -0.15) is 0 Å². The standard InChI is InChI=1S/C28H32O16/c1-9-18(33)21(36)23(38)27(40-9)44-26-22(37)19(34)16(8-29)42-28(26)43-25-20(35)17-13(32)6-11(30)7-15(17)41-24(25)10-3-4-12(31)14(5-10)39-2/h3-7,9,16,18-19,21-23,26-34,36-38H,8H2,1-2H3/t9-,16+,18-,19+,21+,22-,23+,26+,27-,28-/m0/s1. The van der Waals surface area contributed by atoms with Crippen LogP contribution in [-0.4, -0.2) is 121 Å². The van der Waals surface area contributed by atoms with Gasteiger partial charge in [0.25, 0.3) is 0 Å². The van der Waals surface area contributed by atoms with E-state index in [1.807, 2.05) is 0 Å². The van der Waals surface area contributed by atoms with Crippen LogP contribution in [0, 0.1) is 0 Å². The van der Waals surface area contributed by atoms with E-state index < -0.39 is 96.1 Å². The lowest BCUT2D eigenvalue weighted by Crippen LogP contribution is -2.64. The van der Waals surface area contributed by atoms with Crippen LogP contribution >= 0.6 is 0 Å². The summed E-state index contributed by atoms with van der Waals surface area (Å²) in [5.74, 6) is -2.34. The lowest BCUT2D eigenvalue weighted by atomic mass is 9.97. The molecule has 0 amide bonds. The van der Waals surface area contributed by atoms with Crippen LogP contribution in [0.3, 0.4) is 0 Å². The van der Waals surface area contributed by atoms with Crippen LogP contribution in [0.25, 0.3) is 22.3 Å². The Morgan fingerprint density at radius 2 is 1.57 bits per heavy atom. The SMILES string of the molecule is COc1cc(-c2oc3cc(O)cc(O)c3c(=O)c2O[C@@H]2O[C@H](CO)[C@@H](O)[C@H](O)[C@H]2O[C@@H]2O[C@@H](C)[C@H](O)[C@@H](O)[C@H]2O)ccc1O. The van der Waals surface area contributed by atoms with Crippen LogP contribution in [0.2, 0.25) is 0 Å². The lowest BCUT2D eigenvalue weighted by molar-refractivity contribution is -0.354. The zero-order valence-electron chi connectivity index (χ0n) is 23.3. The first kappa shape index (κ1) is 31.7. The zero-order valence-corrected chi connectivity index (χ0v) is 23.3. The monoisotopic (exact) mass is 624 g/mol. The molecular formula is C28H32O16. The molecular weight excluding hydrogens is 592 g/mol. The maximum atomic E-state index is 13.8. The van der Waals surface area contributed by atoms with Gasteiger partial charge in [0.1, 0.15) is 59.1 Å². The summed E-state index contributed by atoms with van der Waals surface area (Å²) < 4.78 is 33.8. The van der Waals surface area contributed by atoms with E-state index in [0.29, 0.717) is 0 Å². The minimum atomic E-state index is -1.89. The first-order valence-corrected chi connectivity index (χ1v) is 13.4. The van der Waals surface area contributed by atoms with Gasteiger partial charge in [-0.15, -0.1) is 0 Å². The number of fused-ring (bicyclic) bond motifs is 1. The number of hydrogen-bond acceptors (Lipinski definition) is 16. The molecule has 2 aromatic carbocycles. The van der Waals surface area contributed by atoms with Gasteiger partial charge in [0, 0.05) is 17.7 Å². The molecule has 10 atom stereocenters. The van der Waals surface area contributed by atoms with Crippen molar-refractivity contribution in [2.45, 2.75) is 68.3 Å². The summed E-state index contributed by atoms with van der Waals surface area (Å²) in [6.07, 6.45) is -16.5. The first-order chi connectivity index (χ1) is 20.9. The second-order valence-corrected chi connectivity index (χ2v) is 10.4. The second kappa shape index (κ2) is 12.4. The number of aliphatic hydroxyl groups is 6. The molecule has 0 spiro atoms. The van der Waals surface area contributed by atoms with Crippen molar-refractivity contribution in [3.63, 3.8) is 0 Å². The Labute approximate surface area is 248 Å². The summed E-state index contributed by atoms with van der Waals surface area (Å²) in [5.41, 5.74) is -1.15. The van der Waals surface area contributed by atoms with Crippen LogP contribution in [-0.2, 0) is 14.2 Å². The van der Waals surface area contributed by atoms with Crippen molar-refractivity contribution in [1.29, 1.82) is 0 Å². The predicted molar refractivity (Wildman–Crippen MR) is 145 cm³/mol. The molecule has 2 aliphatic heterocycles. The predicted octanol–water partition coefficient (Wildman–Crippen LogP) is -1.38. The van der Waals surface area contributed by atoms with E-state index in [1.165, 1.54) is 32.2 Å². The summed E-state index contributed by atoms with van der Waals surface area (Å²) in [6, 6.07) is 5.81. The Hall–Kier alpha value is -3.71. The van der Waals surface area contributed by atoms with E-state index in [1.54, 1.807) is 0 Å². The maximum absolute atomic E-state index is 13.8. The highest BCUT2D eigenvalue weighted by molar-refractivity contribution is 5.88. The third kappa shape index (κ3) is 5.63. The minimum absolute atomic E-state index is 0.0257. The van der Waals surface area contributed by atoms with Gasteiger partial charge >= 0.3 is 0 Å². The second-order valence-electron chi connectivity index (χ2n) is 10.4. The zero-order chi connectivity index (χ0) is 32.0. The Balaban J connectivity index is 1.63. The van der Waals surface area contributed by atoms with Crippen molar-refractivity contribution in [2.24, 2.45) is 0 Å². The number of benzene rings is 2. The number of phenols is 3. The molecule has 16 heteroatoms. The Bertz CT molecular complexity index is 1560. The van der Waals surface area contributed by atoms with Crippen LogP contribution in [0.15, 0.2) is 39.5 Å². The van der Waals surface area contributed by atoms with Gasteiger partial charge < -0.3 is 74.1 Å². The molecule has 44 heavy (non-hydrogen) atoms. The molecule has 2 saturated heterocycles. The van der Waals surface area contributed by atoms with E-state index >= 15 is 0 Å². The van der Waals surface area contributed by atoms with Crippen LogP contribution in [0.4, 0.5) is 0 Å². The van der Waals surface area contributed by atoms with E-state index in [-0.39, 0.29) is 28.4 Å². The molecule has 9 N–H and O–H groups in total. The van der Waals surface area contributed by atoms with Gasteiger partial charge in [-0.1, -0.05) is 0 Å². The molecule has 0 bridgehead atoms. The molecule has 240 valence electrons. The van der Waals surface area contributed by atoms with Crippen molar-refractivity contribution in [3.8, 4) is 40.1 Å². The molecule has 0 saturated carbocycles. The van der Waals surface area contributed by atoms with Crippen molar-refractivity contribution in [1.82, 2.24) is 0 Å². The lowest BCUT2D eigenvalue weighted by Gasteiger charge is -2.45. The molecule has 0 aliphatic carbocycles. The van der Waals surface area contributed by atoms with E-state index in [2.05, 4.69) is 0 Å². The molecule has 2 aliphatic rings. The number of hydrogen-bond donors (Lipinski definition) is 9. The smallest absolute Gasteiger partial charge is 0.239 e. The number of aromatic hydroxyl groups is 3. The number of methoxy groups -OCH3 is 1. The average molecular weight is 625 g/mol. The number of rotatable bonds is 7. The maximum Gasteiger partial charge on any atom is 0.239 e. The minimum Gasteiger partial charge on any atom is -0.508 e. The average Bonchev–Trinajstić information content (AvgIpc) is 2.99. The summed E-state index contributed by atoms with van der Waals surface area (Å²) in [7, 11) is 1.28. The summed E-state index contributed by atoms with van der Waals surface area (Å²) >= 11 is 0. The number of ether oxygens (including phenoxy) is 5. The quantitative estimate of drug-likeness (QED) is 0.147. The van der Waals surface area contributed by atoms with E-state index in [4.69, 9.17) is 28.1 Å². The largest absolute Gasteiger partial charge is 0.508 e. The third-order valence-corrected chi connectivity index (χ3v) is 7.52. The van der Waals surface area contributed by atoms with Gasteiger partial charge in [-0.3, -0.25) is 4.79 Å². The van der Waals surface area contributed by atoms with Crippen molar-refractivity contribution < 1.29 is 74.1 Å². The molecule has 0 unspecified atom stereocenters. The van der Waals surface area contributed by atoms with Crippen LogP contribution in [0.5, 0.6) is 28.7 Å². The third-order valence-electron chi connectivity index (χ3n) is 7.52. The molecule has 5 rings (SSSR count). The highest BCUT2D eigenvalue weighted by Gasteiger charge is 2.51. The van der Waals surface area contributed by atoms with E-state index in [0.717, 1.165) is 12.1 Å². The Kier molecular flexibility index (Phi) is 8.90. The van der Waals surface area contributed by atoms with Gasteiger partial charge in [0.05, 0.1) is 19.8 Å². The van der Waals surface area contributed by atoms with Crippen LogP contribution in [0.1, 0.15) is 6.92 Å². The van der Waals surface area contributed by atoms with Gasteiger partial charge in [-0.25, -0.2) is 0 Å². The van der Waals surface area contributed by atoms with Crippen molar-refractivity contribution in [2.75, 3.05) is 13.7 Å². The normalized spacial score (nSPS) is 32.5. The van der Waals surface area contributed by atoms with Gasteiger partial charge in [0.2, 0.25) is 17.5 Å². The molecule has 2 fully saturated rings. The molecule has 0 radical (unpaired) electrons. The fourth-order valence-electron chi connectivity index (χ4n) is 5.08. The fraction of sp³-hybridized carbons (Fsp3) is 0.464. The van der Waals surface area contributed by atoms with Gasteiger partial charge in [0.15, 0.2) is 29.7 Å². The van der Waals surface area contributed by atoms with Crippen molar-refractivity contribution >= 4 is 11.0 Å². The highest BCUT2D eigenvalue weighted by Crippen LogP contribution is 2.40. The molecule has 1 aromatic heterocycles. The Morgan fingerprint density at radius 1 is 0.841 bits per heavy atom. The van der Waals surface area contributed by atoms with Crippen molar-refractivity contribution in [3.05, 3.63) is 40.6 Å². The Morgan fingerprint density at radius 3 is 2.25 bits per heavy atom. The van der Waals surface area contributed by atoms with Crippen LogP contribution < -0.4 is 14.9 Å². The molecule has 3 aromatic rings. The van der Waals surface area contributed by atoms with E-state index in [9.17, 15) is 50.8 Å². The molecule has 16 nitrogen and oxygen atoms in total. The first-order valence-electron chi connectivity index (χ1n) is 13.4. The fourth-order valence-corrected chi connectivity index (χ4v) is 5.08. The number of phenolic OH excluding ortho intramolecular Hbond substituents is 3. The molecule has 3 heterocycles.